The maximum Gasteiger partial charge on any atom is 0.127 e. The van der Waals surface area contributed by atoms with E-state index in [1.807, 2.05) is 37.5 Å². The number of hydrogen-bond donors (Lipinski definition) is 0. The third kappa shape index (κ3) is 2.22. The number of pyridine rings is 1. The van der Waals surface area contributed by atoms with Crippen LogP contribution in [0.3, 0.4) is 0 Å². The summed E-state index contributed by atoms with van der Waals surface area (Å²) in [6, 6.07) is 4.09. The second kappa shape index (κ2) is 4.61. The fourth-order valence-corrected chi connectivity index (χ4v) is 2.22. The van der Waals surface area contributed by atoms with Gasteiger partial charge in [0.1, 0.15) is 10.8 Å². The SMILES string of the molecule is CCc1cnc(-c2ccc(N(C)C)nc2)s1. The Labute approximate surface area is 99.8 Å². The lowest BCUT2D eigenvalue weighted by molar-refractivity contribution is 1.07. The van der Waals surface area contributed by atoms with E-state index in [0.29, 0.717) is 0 Å². The fraction of sp³-hybridized carbons (Fsp3) is 0.333. The molecule has 2 aromatic rings. The Hall–Kier alpha value is -1.42. The summed E-state index contributed by atoms with van der Waals surface area (Å²) in [4.78, 5) is 12.1. The summed E-state index contributed by atoms with van der Waals surface area (Å²) in [5.41, 5.74) is 1.09. The van der Waals surface area contributed by atoms with Gasteiger partial charge in [0.15, 0.2) is 0 Å². The van der Waals surface area contributed by atoms with Crippen LogP contribution in [-0.2, 0) is 6.42 Å². The molecule has 3 nitrogen and oxygen atoms in total. The van der Waals surface area contributed by atoms with E-state index < -0.39 is 0 Å². The first-order valence-corrected chi connectivity index (χ1v) is 6.11. The van der Waals surface area contributed by atoms with E-state index in [1.54, 1.807) is 11.3 Å². The van der Waals surface area contributed by atoms with Gasteiger partial charge in [0.2, 0.25) is 0 Å². The first-order chi connectivity index (χ1) is 7.70. The highest BCUT2D eigenvalue weighted by Crippen LogP contribution is 2.25. The minimum atomic E-state index is 0.969. The van der Waals surface area contributed by atoms with Crippen LogP contribution in [0.5, 0.6) is 0 Å². The Kier molecular flexibility index (Phi) is 3.19. The number of thiazole rings is 1. The van der Waals surface area contributed by atoms with Crippen molar-refractivity contribution in [2.24, 2.45) is 0 Å². The molecular weight excluding hydrogens is 218 g/mol. The number of hydrogen-bond acceptors (Lipinski definition) is 4. The summed E-state index contributed by atoms with van der Waals surface area (Å²) < 4.78 is 0. The van der Waals surface area contributed by atoms with E-state index in [1.165, 1.54) is 4.88 Å². The summed E-state index contributed by atoms with van der Waals surface area (Å²) in [6.07, 6.45) is 4.87. The van der Waals surface area contributed by atoms with Crippen molar-refractivity contribution in [1.29, 1.82) is 0 Å². The van der Waals surface area contributed by atoms with Crippen LogP contribution in [0.15, 0.2) is 24.5 Å². The monoisotopic (exact) mass is 233 g/mol. The largest absolute Gasteiger partial charge is 0.363 e. The zero-order chi connectivity index (χ0) is 11.5. The molecule has 0 amide bonds. The fourth-order valence-electron chi connectivity index (χ4n) is 1.38. The second-order valence-corrected chi connectivity index (χ2v) is 4.90. The molecule has 0 unspecified atom stereocenters. The zero-order valence-electron chi connectivity index (χ0n) is 9.77. The lowest BCUT2D eigenvalue weighted by Crippen LogP contribution is -2.09. The first kappa shape index (κ1) is 11.1. The maximum atomic E-state index is 4.40. The van der Waals surface area contributed by atoms with Gasteiger partial charge in [-0.2, -0.15) is 0 Å². The highest BCUT2D eigenvalue weighted by atomic mass is 32.1. The molecule has 0 aromatic carbocycles. The van der Waals surface area contributed by atoms with Gasteiger partial charge in [0.05, 0.1) is 0 Å². The van der Waals surface area contributed by atoms with Crippen molar-refractivity contribution in [2.75, 3.05) is 19.0 Å². The van der Waals surface area contributed by atoms with Crippen molar-refractivity contribution in [3.05, 3.63) is 29.4 Å². The molecule has 0 N–H and O–H groups in total. The third-order valence-corrected chi connectivity index (χ3v) is 3.55. The molecule has 0 bridgehead atoms. The average molecular weight is 233 g/mol. The highest BCUT2D eigenvalue weighted by molar-refractivity contribution is 7.15. The number of aryl methyl sites for hydroxylation is 1. The van der Waals surface area contributed by atoms with Crippen LogP contribution in [0.4, 0.5) is 5.82 Å². The van der Waals surface area contributed by atoms with E-state index in [2.05, 4.69) is 23.0 Å². The van der Waals surface area contributed by atoms with Gasteiger partial charge in [-0.1, -0.05) is 6.92 Å². The number of nitrogens with zero attached hydrogens (tertiary/aromatic N) is 3. The van der Waals surface area contributed by atoms with Crippen LogP contribution in [0.25, 0.3) is 10.6 Å². The van der Waals surface area contributed by atoms with Gasteiger partial charge < -0.3 is 4.90 Å². The smallest absolute Gasteiger partial charge is 0.127 e. The van der Waals surface area contributed by atoms with E-state index in [4.69, 9.17) is 0 Å². The second-order valence-electron chi connectivity index (χ2n) is 3.78. The molecule has 2 heterocycles. The van der Waals surface area contributed by atoms with Crippen LogP contribution in [0.1, 0.15) is 11.8 Å². The van der Waals surface area contributed by atoms with Crippen LogP contribution in [-0.4, -0.2) is 24.1 Å². The Balaban J connectivity index is 2.27. The standard InChI is InChI=1S/C12H15N3S/c1-4-10-8-14-12(16-10)9-5-6-11(13-7-9)15(2)3/h5-8H,4H2,1-3H3. The van der Waals surface area contributed by atoms with Crippen LogP contribution in [0, 0.1) is 0 Å². The van der Waals surface area contributed by atoms with Crippen LogP contribution in [0.2, 0.25) is 0 Å². The zero-order valence-corrected chi connectivity index (χ0v) is 10.6. The van der Waals surface area contributed by atoms with Gasteiger partial charge >= 0.3 is 0 Å². The Morgan fingerprint density at radius 2 is 2.00 bits per heavy atom. The predicted octanol–water partition coefficient (Wildman–Crippen LogP) is 2.83. The molecular formula is C12H15N3S. The maximum absolute atomic E-state index is 4.40. The molecule has 0 radical (unpaired) electrons. The van der Waals surface area contributed by atoms with Crippen molar-refractivity contribution in [3.8, 4) is 10.6 Å². The number of aromatic nitrogens is 2. The van der Waals surface area contributed by atoms with Gasteiger partial charge in [0, 0.05) is 36.9 Å². The van der Waals surface area contributed by atoms with Crippen LogP contribution < -0.4 is 4.90 Å². The lowest BCUT2D eigenvalue weighted by atomic mass is 10.3. The molecule has 0 saturated heterocycles. The molecule has 16 heavy (non-hydrogen) atoms. The van der Waals surface area contributed by atoms with Crippen molar-refractivity contribution in [2.45, 2.75) is 13.3 Å². The molecule has 4 heteroatoms. The van der Waals surface area contributed by atoms with Crippen molar-refractivity contribution in [3.63, 3.8) is 0 Å². The van der Waals surface area contributed by atoms with Gasteiger partial charge in [-0.3, -0.25) is 0 Å². The van der Waals surface area contributed by atoms with E-state index in [-0.39, 0.29) is 0 Å². The summed E-state index contributed by atoms with van der Waals surface area (Å²) in [5, 5.41) is 1.05. The molecule has 0 aliphatic rings. The number of rotatable bonds is 3. The van der Waals surface area contributed by atoms with Crippen molar-refractivity contribution >= 4 is 17.2 Å². The molecule has 0 saturated carbocycles. The minimum Gasteiger partial charge on any atom is -0.363 e. The average Bonchev–Trinajstić information content (AvgIpc) is 2.77. The summed E-state index contributed by atoms with van der Waals surface area (Å²) in [6.45, 7) is 2.14. The topological polar surface area (TPSA) is 29.0 Å². The third-order valence-electron chi connectivity index (χ3n) is 2.36. The van der Waals surface area contributed by atoms with Gasteiger partial charge in [-0.25, -0.2) is 9.97 Å². The van der Waals surface area contributed by atoms with Crippen molar-refractivity contribution < 1.29 is 0 Å². The van der Waals surface area contributed by atoms with Crippen molar-refractivity contribution in [1.82, 2.24) is 9.97 Å². The molecule has 84 valence electrons. The van der Waals surface area contributed by atoms with Gasteiger partial charge in [-0.15, -0.1) is 11.3 Å². The Bertz CT molecular complexity index is 459. The first-order valence-electron chi connectivity index (χ1n) is 5.29. The van der Waals surface area contributed by atoms with Crippen LogP contribution >= 0.6 is 11.3 Å². The summed E-state index contributed by atoms with van der Waals surface area (Å²) >= 11 is 1.74. The molecule has 2 aromatic heterocycles. The molecule has 0 fully saturated rings. The quantitative estimate of drug-likeness (QED) is 0.816. The van der Waals surface area contributed by atoms with E-state index in [0.717, 1.165) is 22.8 Å². The van der Waals surface area contributed by atoms with Gasteiger partial charge in [0.25, 0.3) is 0 Å². The minimum absolute atomic E-state index is 0.969. The summed E-state index contributed by atoms with van der Waals surface area (Å²) in [7, 11) is 3.97. The molecule has 0 aliphatic carbocycles. The normalized spacial score (nSPS) is 10.4. The number of anilines is 1. The molecule has 0 aliphatic heterocycles. The Morgan fingerprint density at radius 3 is 2.50 bits per heavy atom. The molecule has 0 spiro atoms. The van der Waals surface area contributed by atoms with E-state index >= 15 is 0 Å². The highest BCUT2D eigenvalue weighted by Gasteiger charge is 2.04. The predicted molar refractivity (Wildman–Crippen MR) is 69.1 cm³/mol. The summed E-state index contributed by atoms with van der Waals surface area (Å²) in [5.74, 6) is 0.969. The lowest BCUT2D eigenvalue weighted by Gasteiger charge is -2.10. The Morgan fingerprint density at radius 1 is 1.19 bits per heavy atom. The van der Waals surface area contributed by atoms with E-state index in [9.17, 15) is 0 Å². The van der Waals surface area contributed by atoms with Gasteiger partial charge in [-0.05, 0) is 18.6 Å². The molecule has 2 rings (SSSR count). The molecule has 0 atom stereocenters.